The molecule has 0 aromatic heterocycles. The standard InChI is InChI=1S/C12H12BFN2O/c13-11-10-3-2-9(14)6-8(10)7-15-4-1-5-16(15)12(11)17/h2-3,6,11H,1,4-5,7H2. The molecule has 2 aliphatic heterocycles. The second-order valence-corrected chi connectivity index (χ2v) is 4.52. The summed E-state index contributed by atoms with van der Waals surface area (Å²) in [5.41, 5.74) is 1.56. The van der Waals surface area contributed by atoms with E-state index in [2.05, 4.69) is 0 Å². The van der Waals surface area contributed by atoms with Gasteiger partial charge in [-0.25, -0.2) is 9.40 Å². The van der Waals surface area contributed by atoms with Crippen LogP contribution < -0.4 is 0 Å². The summed E-state index contributed by atoms with van der Waals surface area (Å²) in [7, 11) is 5.96. The molecule has 1 amide bonds. The molecule has 3 rings (SSSR count). The van der Waals surface area contributed by atoms with Crippen molar-refractivity contribution in [3.8, 4) is 0 Å². The fourth-order valence-corrected chi connectivity index (χ4v) is 2.58. The lowest BCUT2D eigenvalue weighted by Crippen LogP contribution is -2.41. The molecule has 0 spiro atoms. The third-order valence-electron chi connectivity index (χ3n) is 3.44. The number of hydrogen-bond donors (Lipinski definition) is 0. The van der Waals surface area contributed by atoms with Gasteiger partial charge < -0.3 is 0 Å². The van der Waals surface area contributed by atoms with Gasteiger partial charge in [0.1, 0.15) is 5.82 Å². The molecule has 0 N–H and O–H groups in total. The van der Waals surface area contributed by atoms with Crippen molar-refractivity contribution in [2.75, 3.05) is 13.1 Å². The molecule has 0 bridgehead atoms. The van der Waals surface area contributed by atoms with E-state index in [1.54, 1.807) is 11.1 Å². The molecule has 17 heavy (non-hydrogen) atoms. The molecular weight excluding hydrogens is 218 g/mol. The van der Waals surface area contributed by atoms with Gasteiger partial charge in [-0.1, -0.05) is 6.07 Å². The molecule has 2 radical (unpaired) electrons. The Labute approximate surface area is 101 Å². The van der Waals surface area contributed by atoms with Crippen LogP contribution in [0.5, 0.6) is 0 Å². The van der Waals surface area contributed by atoms with Gasteiger partial charge >= 0.3 is 0 Å². The number of hydrogen-bond acceptors (Lipinski definition) is 2. The van der Waals surface area contributed by atoms with Crippen LogP contribution in [0.2, 0.25) is 0 Å². The highest BCUT2D eigenvalue weighted by Crippen LogP contribution is 2.29. The molecule has 86 valence electrons. The van der Waals surface area contributed by atoms with Crippen LogP contribution in [0.3, 0.4) is 0 Å². The number of nitrogens with zero attached hydrogens (tertiary/aromatic N) is 2. The number of carbonyl (C=O) groups is 1. The molecule has 3 nitrogen and oxygen atoms in total. The molecule has 1 unspecified atom stereocenters. The molecule has 1 saturated heterocycles. The van der Waals surface area contributed by atoms with Gasteiger partial charge in [-0.3, -0.25) is 9.80 Å². The topological polar surface area (TPSA) is 23.6 Å². The summed E-state index contributed by atoms with van der Waals surface area (Å²) in [5.74, 6) is -1.04. The van der Waals surface area contributed by atoms with E-state index in [1.165, 1.54) is 12.1 Å². The first kappa shape index (κ1) is 10.8. The van der Waals surface area contributed by atoms with Crippen molar-refractivity contribution >= 4 is 13.8 Å². The van der Waals surface area contributed by atoms with Crippen LogP contribution in [-0.2, 0) is 11.3 Å². The average Bonchev–Trinajstić information content (AvgIpc) is 2.72. The fraction of sp³-hybridized carbons (Fsp3) is 0.417. The summed E-state index contributed by atoms with van der Waals surface area (Å²) in [6.45, 7) is 2.10. The summed E-state index contributed by atoms with van der Waals surface area (Å²) in [6.07, 6.45) is 0.948. The Morgan fingerprint density at radius 3 is 3.00 bits per heavy atom. The maximum Gasteiger partial charge on any atom is 0.235 e. The predicted octanol–water partition coefficient (Wildman–Crippen LogP) is 0.998. The molecule has 1 atom stereocenters. The number of halogens is 1. The molecule has 0 saturated carbocycles. The quantitative estimate of drug-likeness (QED) is 0.620. The predicted molar refractivity (Wildman–Crippen MR) is 61.6 cm³/mol. The van der Waals surface area contributed by atoms with Gasteiger partial charge in [-0.05, 0) is 29.7 Å². The average molecular weight is 230 g/mol. The first-order valence-corrected chi connectivity index (χ1v) is 5.77. The summed E-state index contributed by atoms with van der Waals surface area (Å²) in [4.78, 5) is 12.1. The van der Waals surface area contributed by atoms with Gasteiger partial charge in [0.05, 0.1) is 7.85 Å². The summed E-state index contributed by atoms with van der Waals surface area (Å²) in [5, 5.41) is 3.65. The number of hydrazine groups is 1. The Balaban J connectivity index is 2.08. The van der Waals surface area contributed by atoms with Crippen molar-refractivity contribution in [3.63, 3.8) is 0 Å². The molecule has 5 heteroatoms. The lowest BCUT2D eigenvalue weighted by Gasteiger charge is -2.26. The van der Waals surface area contributed by atoms with Crippen LogP contribution >= 0.6 is 0 Å². The van der Waals surface area contributed by atoms with E-state index in [0.717, 1.165) is 24.1 Å². The number of rotatable bonds is 0. The lowest BCUT2D eigenvalue weighted by atomic mass is 9.78. The highest BCUT2D eigenvalue weighted by atomic mass is 19.1. The second kappa shape index (κ2) is 3.84. The SMILES string of the molecule is [B]C1C(=O)N2CCCN2Cc2cc(F)ccc21. The smallest absolute Gasteiger partial charge is 0.235 e. The number of benzene rings is 1. The zero-order chi connectivity index (χ0) is 12.0. The van der Waals surface area contributed by atoms with Gasteiger partial charge in [-0.2, -0.15) is 0 Å². The van der Waals surface area contributed by atoms with Crippen molar-refractivity contribution in [2.24, 2.45) is 0 Å². The van der Waals surface area contributed by atoms with E-state index in [4.69, 9.17) is 7.85 Å². The number of carbonyl (C=O) groups excluding carboxylic acids is 1. The Morgan fingerprint density at radius 2 is 2.18 bits per heavy atom. The van der Waals surface area contributed by atoms with E-state index < -0.39 is 5.82 Å². The second-order valence-electron chi connectivity index (χ2n) is 4.52. The van der Waals surface area contributed by atoms with Crippen LogP contribution in [0, 0.1) is 5.82 Å². The maximum atomic E-state index is 13.2. The minimum Gasteiger partial charge on any atom is -0.275 e. The Morgan fingerprint density at radius 1 is 1.35 bits per heavy atom. The molecule has 1 fully saturated rings. The molecule has 1 aromatic rings. The van der Waals surface area contributed by atoms with E-state index in [-0.39, 0.29) is 11.7 Å². The van der Waals surface area contributed by atoms with Gasteiger partial charge in [0, 0.05) is 25.5 Å². The number of amides is 1. The van der Waals surface area contributed by atoms with Crippen LogP contribution in [0.25, 0.3) is 0 Å². The summed E-state index contributed by atoms with van der Waals surface area (Å²) in [6, 6.07) is 4.46. The Bertz CT molecular complexity index is 480. The van der Waals surface area contributed by atoms with Crippen molar-refractivity contribution < 1.29 is 9.18 Å². The third-order valence-corrected chi connectivity index (χ3v) is 3.44. The monoisotopic (exact) mass is 230 g/mol. The van der Waals surface area contributed by atoms with E-state index in [9.17, 15) is 9.18 Å². The molecule has 0 aliphatic carbocycles. The molecule has 1 aromatic carbocycles. The van der Waals surface area contributed by atoms with E-state index >= 15 is 0 Å². The maximum absolute atomic E-state index is 13.2. The molecular formula is C12H12BFN2O. The normalized spacial score (nSPS) is 24.4. The first-order valence-electron chi connectivity index (χ1n) is 5.77. The van der Waals surface area contributed by atoms with Crippen molar-refractivity contribution in [1.82, 2.24) is 10.0 Å². The van der Waals surface area contributed by atoms with Crippen LogP contribution in [0.15, 0.2) is 18.2 Å². The molecule has 2 aliphatic rings. The molecule has 2 heterocycles. The Hall–Kier alpha value is -1.36. The van der Waals surface area contributed by atoms with Crippen molar-refractivity contribution in [1.29, 1.82) is 0 Å². The van der Waals surface area contributed by atoms with E-state index in [0.29, 0.717) is 13.1 Å². The zero-order valence-electron chi connectivity index (χ0n) is 9.40. The van der Waals surface area contributed by atoms with Gasteiger partial charge in [0.15, 0.2) is 0 Å². The van der Waals surface area contributed by atoms with Gasteiger partial charge in [-0.15, -0.1) is 0 Å². The minimum atomic E-state index is -0.673. The highest BCUT2D eigenvalue weighted by Gasteiger charge is 2.34. The third kappa shape index (κ3) is 1.65. The van der Waals surface area contributed by atoms with Crippen LogP contribution in [-0.4, -0.2) is 36.9 Å². The van der Waals surface area contributed by atoms with E-state index in [1.807, 2.05) is 5.01 Å². The number of fused-ring (bicyclic) bond motifs is 2. The van der Waals surface area contributed by atoms with Crippen molar-refractivity contribution in [2.45, 2.75) is 18.8 Å². The summed E-state index contributed by atoms with van der Waals surface area (Å²) >= 11 is 0. The first-order chi connectivity index (χ1) is 8.16. The van der Waals surface area contributed by atoms with Gasteiger partial charge in [0.25, 0.3) is 0 Å². The fourth-order valence-electron chi connectivity index (χ4n) is 2.58. The highest BCUT2D eigenvalue weighted by molar-refractivity contribution is 6.24. The van der Waals surface area contributed by atoms with Crippen LogP contribution in [0.1, 0.15) is 23.4 Å². The van der Waals surface area contributed by atoms with Crippen molar-refractivity contribution in [3.05, 3.63) is 35.1 Å². The lowest BCUT2D eigenvalue weighted by molar-refractivity contribution is -0.143. The minimum absolute atomic E-state index is 0.0899. The largest absolute Gasteiger partial charge is 0.275 e. The zero-order valence-corrected chi connectivity index (χ0v) is 9.40. The van der Waals surface area contributed by atoms with Crippen LogP contribution in [0.4, 0.5) is 4.39 Å². The summed E-state index contributed by atoms with van der Waals surface area (Å²) < 4.78 is 13.2. The Kier molecular flexibility index (Phi) is 2.43. The van der Waals surface area contributed by atoms with Gasteiger partial charge in [0.2, 0.25) is 5.91 Å².